The Kier molecular flexibility index (Phi) is 7.47. The minimum atomic E-state index is 0. The molecule has 0 radical (unpaired) electrons. The summed E-state index contributed by atoms with van der Waals surface area (Å²) in [5.41, 5.74) is 6.04. The van der Waals surface area contributed by atoms with Crippen LogP contribution in [0.15, 0.2) is 24.4 Å². The van der Waals surface area contributed by atoms with Crippen LogP contribution >= 0.6 is 24.8 Å². The van der Waals surface area contributed by atoms with Crippen molar-refractivity contribution in [1.82, 2.24) is 4.98 Å². The molecule has 1 aliphatic rings. The molecule has 3 N–H and O–H groups in total. The molecule has 0 unspecified atom stereocenters. The summed E-state index contributed by atoms with van der Waals surface area (Å²) < 4.78 is 0. The number of hydrogen-bond acceptors (Lipinski definition) is 3. The molecule has 2 atom stereocenters. The first kappa shape index (κ1) is 15.5. The van der Waals surface area contributed by atoms with Gasteiger partial charge < -0.3 is 11.1 Å². The second-order valence-electron chi connectivity index (χ2n) is 3.91. The average Bonchev–Trinajstić information content (AvgIpc) is 2.23. The largest absolute Gasteiger partial charge is 0.366 e. The third-order valence-corrected chi connectivity index (χ3v) is 2.82. The summed E-state index contributed by atoms with van der Waals surface area (Å²) in [6, 6.07) is 6.58. The second-order valence-corrected chi connectivity index (χ2v) is 3.91. The van der Waals surface area contributed by atoms with Crippen LogP contribution in [0.25, 0.3) is 0 Å². The van der Waals surface area contributed by atoms with Gasteiger partial charge in [0.2, 0.25) is 0 Å². The van der Waals surface area contributed by atoms with E-state index < -0.39 is 0 Å². The smallest absolute Gasteiger partial charge is 0.126 e. The van der Waals surface area contributed by atoms with E-state index >= 15 is 0 Å². The van der Waals surface area contributed by atoms with Gasteiger partial charge in [0.05, 0.1) is 0 Å². The van der Waals surface area contributed by atoms with Crippen molar-refractivity contribution in [2.45, 2.75) is 37.8 Å². The number of aromatic nitrogens is 1. The fraction of sp³-hybridized carbons (Fsp3) is 0.545. The van der Waals surface area contributed by atoms with E-state index in [0.717, 1.165) is 18.7 Å². The van der Waals surface area contributed by atoms with Gasteiger partial charge in [-0.1, -0.05) is 18.9 Å². The van der Waals surface area contributed by atoms with Crippen LogP contribution in [0.3, 0.4) is 0 Å². The van der Waals surface area contributed by atoms with Gasteiger partial charge in [0.1, 0.15) is 5.82 Å². The summed E-state index contributed by atoms with van der Waals surface area (Å²) in [5, 5.41) is 3.39. The molecule has 5 heteroatoms. The van der Waals surface area contributed by atoms with Gasteiger partial charge in [-0.15, -0.1) is 24.8 Å². The molecule has 2 rings (SSSR count). The Bertz CT molecular complexity index is 282. The molecule has 0 aromatic carbocycles. The zero-order valence-corrected chi connectivity index (χ0v) is 10.8. The van der Waals surface area contributed by atoms with Crippen molar-refractivity contribution >= 4 is 30.6 Å². The van der Waals surface area contributed by atoms with Crippen LogP contribution in [0.2, 0.25) is 0 Å². The molecule has 1 saturated carbocycles. The van der Waals surface area contributed by atoms with Crippen molar-refractivity contribution in [1.29, 1.82) is 0 Å². The molecule has 1 fully saturated rings. The van der Waals surface area contributed by atoms with Crippen molar-refractivity contribution in [3.8, 4) is 0 Å². The SMILES string of the molecule is Cl.Cl.N[C@@H]1CCCC[C@H]1Nc1ccccn1. The monoisotopic (exact) mass is 263 g/mol. The lowest BCUT2D eigenvalue weighted by atomic mass is 9.91. The normalized spacial score (nSPS) is 23.8. The van der Waals surface area contributed by atoms with E-state index in [1.165, 1.54) is 12.8 Å². The van der Waals surface area contributed by atoms with E-state index in [2.05, 4.69) is 10.3 Å². The lowest BCUT2D eigenvalue weighted by molar-refractivity contribution is 0.403. The minimum absolute atomic E-state index is 0. The van der Waals surface area contributed by atoms with Crippen LogP contribution in [0, 0.1) is 0 Å². The van der Waals surface area contributed by atoms with E-state index in [1.54, 1.807) is 6.20 Å². The predicted molar refractivity (Wildman–Crippen MR) is 72.6 cm³/mol. The Hall–Kier alpha value is -0.510. The maximum absolute atomic E-state index is 6.04. The maximum Gasteiger partial charge on any atom is 0.126 e. The zero-order valence-electron chi connectivity index (χ0n) is 9.13. The second kappa shape index (κ2) is 7.71. The van der Waals surface area contributed by atoms with Gasteiger partial charge >= 0.3 is 0 Å². The van der Waals surface area contributed by atoms with Gasteiger partial charge in [0.25, 0.3) is 0 Å². The van der Waals surface area contributed by atoms with Gasteiger partial charge in [0.15, 0.2) is 0 Å². The topological polar surface area (TPSA) is 50.9 Å². The fourth-order valence-corrected chi connectivity index (χ4v) is 1.98. The lowest BCUT2D eigenvalue weighted by Crippen LogP contribution is -2.42. The summed E-state index contributed by atoms with van der Waals surface area (Å²) in [7, 11) is 0. The lowest BCUT2D eigenvalue weighted by Gasteiger charge is -2.29. The molecular formula is C11H19Cl2N3. The number of anilines is 1. The van der Waals surface area contributed by atoms with Crippen LogP contribution in [-0.2, 0) is 0 Å². The van der Waals surface area contributed by atoms with E-state index in [1.807, 2.05) is 18.2 Å². The van der Waals surface area contributed by atoms with Gasteiger partial charge in [-0.3, -0.25) is 0 Å². The number of nitrogens with one attached hydrogen (secondary N) is 1. The van der Waals surface area contributed by atoms with E-state index in [0.29, 0.717) is 6.04 Å². The van der Waals surface area contributed by atoms with Crippen molar-refractivity contribution in [2.24, 2.45) is 5.73 Å². The molecule has 0 aliphatic heterocycles. The van der Waals surface area contributed by atoms with Crippen LogP contribution in [0.4, 0.5) is 5.82 Å². The molecule has 92 valence electrons. The molecule has 1 aromatic rings. The highest BCUT2D eigenvalue weighted by Crippen LogP contribution is 2.19. The van der Waals surface area contributed by atoms with Gasteiger partial charge in [-0.05, 0) is 25.0 Å². The van der Waals surface area contributed by atoms with E-state index in [9.17, 15) is 0 Å². The third kappa shape index (κ3) is 4.16. The number of halogens is 2. The standard InChI is InChI=1S/C11H17N3.2ClH/c12-9-5-1-2-6-10(9)14-11-7-3-4-8-13-11;;/h3-4,7-10H,1-2,5-6,12H2,(H,13,14);2*1H/t9-,10-;;/m1../s1. The van der Waals surface area contributed by atoms with Crippen molar-refractivity contribution in [3.63, 3.8) is 0 Å². The molecule has 1 aromatic heterocycles. The number of rotatable bonds is 2. The molecule has 3 nitrogen and oxygen atoms in total. The number of nitrogens with two attached hydrogens (primary N) is 1. The van der Waals surface area contributed by atoms with Crippen molar-refractivity contribution in [2.75, 3.05) is 5.32 Å². The summed E-state index contributed by atoms with van der Waals surface area (Å²) >= 11 is 0. The van der Waals surface area contributed by atoms with Crippen LogP contribution < -0.4 is 11.1 Å². The Morgan fingerprint density at radius 1 is 1.19 bits per heavy atom. The van der Waals surface area contributed by atoms with E-state index in [-0.39, 0.29) is 30.9 Å². The molecule has 1 heterocycles. The Labute approximate surface area is 109 Å². The highest BCUT2D eigenvalue weighted by atomic mass is 35.5. The Balaban J connectivity index is 0.00000112. The molecule has 0 bridgehead atoms. The Morgan fingerprint density at radius 3 is 2.56 bits per heavy atom. The highest BCUT2D eigenvalue weighted by molar-refractivity contribution is 5.85. The molecule has 0 amide bonds. The molecule has 0 saturated heterocycles. The first-order valence-corrected chi connectivity index (χ1v) is 5.29. The number of nitrogens with zero attached hydrogens (tertiary/aromatic N) is 1. The van der Waals surface area contributed by atoms with Gasteiger partial charge in [0, 0.05) is 18.3 Å². The van der Waals surface area contributed by atoms with Crippen LogP contribution in [-0.4, -0.2) is 17.1 Å². The van der Waals surface area contributed by atoms with Gasteiger partial charge in [-0.2, -0.15) is 0 Å². The molecule has 0 spiro atoms. The highest BCUT2D eigenvalue weighted by Gasteiger charge is 2.21. The van der Waals surface area contributed by atoms with Crippen LogP contribution in [0.1, 0.15) is 25.7 Å². The first-order valence-electron chi connectivity index (χ1n) is 5.29. The van der Waals surface area contributed by atoms with Crippen molar-refractivity contribution < 1.29 is 0 Å². The van der Waals surface area contributed by atoms with Gasteiger partial charge in [-0.25, -0.2) is 4.98 Å². The molecule has 16 heavy (non-hydrogen) atoms. The van der Waals surface area contributed by atoms with E-state index in [4.69, 9.17) is 5.73 Å². The fourth-order valence-electron chi connectivity index (χ4n) is 1.98. The minimum Gasteiger partial charge on any atom is -0.366 e. The summed E-state index contributed by atoms with van der Waals surface area (Å²) in [4.78, 5) is 4.24. The number of pyridine rings is 1. The number of hydrogen-bond donors (Lipinski definition) is 2. The maximum atomic E-state index is 6.04. The molecule has 1 aliphatic carbocycles. The summed E-state index contributed by atoms with van der Waals surface area (Å²) in [5.74, 6) is 0.940. The zero-order chi connectivity index (χ0) is 9.80. The first-order chi connectivity index (χ1) is 6.86. The predicted octanol–water partition coefficient (Wildman–Crippen LogP) is 2.61. The van der Waals surface area contributed by atoms with Crippen LogP contribution in [0.5, 0.6) is 0 Å². The summed E-state index contributed by atoms with van der Waals surface area (Å²) in [6.45, 7) is 0. The Morgan fingerprint density at radius 2 is 1.94 bits per heavy atom. The molecular weight excluding hydrogens is 245 g/mol. The quantitative estimate of drug-likeness (QED) is 0.863. The average molecular weight is 264 g/mol. The summed E-state index contributed by atoms with van der Waals surface area (Å²) in [6.07, 6.45) is 6.64. The van der Waals surface area contributed by atoms with Crippen molar-refractivity contribution in [3.05, 3.63) is 24.4 Å². The third-order valence-electron chi connectivity index (χ3n) is 2.82.